The molecule has 166 valence electrons. The van der Waals surface area contributed by atoms with E-state index in [1.807, 2.05) is 77.8 Å². The Morgan fingerprint density at radius 1 is 1.07 bits per heavy atom. The molecule has 3 heteroatoms. The molecule has 0 aromatic heterocycles. The van der Waals surface area contributed by atoms with Gasteiger partial charge < -0.3 is 10.2 Å². The van der Waals surface area contributed by atoms with Gasteiger partial charge in [-0.1, -0.05) is 51.2 Å². The van der Waals surface area contributed by atoms with Crippen LogP contribution >= 0.6 is 0 Å². The lowest BCUT2D eigenvalue weighted by Crippen LogP contribution is -2.40. The summed E-state index contributed by atoms with van der Waals surface area (Å²) < 4.78 is 0. The molecule has 30 heavy (non-hydrogen) atoms. The smallest absolute Gasteiger partial charge is 0.251 e. The van der Waals surface area contributed by atoms with Crippen LogP contribution in [0.25, 0.3) is 5.57 Å². The van der Waals surface area contributed by atoms with E-state index in [2.05, 4.69) is 50.9 Å². The first-order valence-electron chi connectivity index (χ1n) is 10.9. The number of nitrogens with one attached hydrogen (secondary N) is 1. The van der Waals surface area contributed by atoms with Crippen molar-refractivity contribution < 1.29 is 4.79 Å². The zero-order valence-corrected chi connectivity index (χ0v) is 20.8. The third-order valence-electron chi connectivity index (χ3n) is 4.03. The van der Waals surface area contributed by atoms with Crippen molar-refractivity contribution in [1.82, 2.24) is 5.32 Å². The second kappa shape index (κ2) is 12.9. The van der Waals surface area contributed by atoms with Crippen molar-refractivity contribution in [3.63, 3.8) is 0 Å². The van der Waals surface area contributed by atoms with E-state index in [4.69, 9.17) is 0 Å². The van der Waals surface area contributed by atoms with E-state index in [1.54, 1.807) is 0 Å². The van der Waals surface area contributed by atoms with Gasteiger partial charge in [-0.15, -0.1) is 0 Å². The number of hydrogen-bond donors (Lipinski definition) is 1. The molecule has 0 aliphatic carbocycles. The molecule has 0 aliphatic rings. The number of carbonyl (C=O) groups excluding carboxylic acids is 1. The monoisotopic (exact) mass is 410 g/mol. The third kappa shape index (κ3) is 9.30. The van der Waals surface area contributed by atoms with Gasteiger partial charge in [-0.3, -0.25) is 4.79 Å². The van der Waals surface area contributed by atoms with E-state index in [-0.39, 0.29) is 11.4 Å². The van der Waals surface area contributed by atoms with Gasteiger partial charge in [0.1, 0.15) is 0 Å². The number of carbonyl (C=O) groups is 1. The first kappa shape index (κ1) is 27.5. The molecule has 0 atom stereocenters. The first-order chi connectivity index (χ1) is 14.0. The number of rotatable bonds is 7. The van der Waals surface area contributed by atoms with E-state index in [0.717, 1.165) is 23.4 Å². The SMILES string of the molecule is C=C(C)N(/C=C\C)c1cc(C(=O)NC(C)(C)C)cc(/C(=C/C=C(C)C)CC)c1.CC. The Morgan fingerprint density at radius 2 is 1.63 bits per heavy atom. The van der Waals surface area contributed by atoms with Gasteiger partial charge in [-0.25, -0.2) is 0 Å². The highest BCUT2D eigenvalue weighted by molar-refractivity contribution is 5.97. The normalized spacial score (nSPS) is 11.5. The Balaban J connectivity index is 0.00000407. The Labute approximate surface area is 185 Å². The second-order valence-corrected chi connectivity index (χ2v) is 8.35. The highest BCUT2D eigenvalue weighted by atomic mass is 16.1. The largest absolute Gasteiger partial charge is 0.347 e. The Hall–Kier alpha value is -2.55. The quantitative estimate of drug-likeness (QED) is 0.464. The summed E-state index contributed by atoms with van der Waals surface area (Å²) in [5.41, 5.74) is 5.65. The average molecular weight is 411 g/mol. The molecule has 0 aliphatic heterocycles. The fourth-order valence-corrected chi connectivity index (χ4v) is 2.75. The van der Waals surface area contributed by atoms with Gasteiger partial charge >= 0.3 is 0 Å². The van der Waals surface area contributed by atoms with Crippen molar-refractivity contribution in [2.75, 3.05) is 4.90 Å². The lowest BCUT2D eigenvalue weighted by Gasteiger charge is -2.24. The van der Waals surface area contributed by atoms with Gasteiger partial charge in [-0.2, -0.15) is 0 Å². The van der Waals surface area contributed by atoms with Crippen molar-refractivity contribution in [2.24, 2.45) is 0 Å². The Kier molecular flexibility index (Phi) is 11.8. The number of allylic oxidation sites excluding steroid dienone is 6. The van der Waals surface area contributed by atoms with Crippen LogP contribution in [0, 0.1) is 0 Å². The first-order valence-corrected chi connectivity index (χ1v) is 10.9. The Morgan fingerprint density at radius 3 is 2.07 bits per heavy atom. The van der Waals surface area contributed by atoms with Gasteiger partial charge in [0.05, 0.1) is 0 Å². The summed E-state index contributed by atoms with van der Waals surface area (Å²) >= 11 is 0. The highest BCUT2D eigenvalue weighted by Crippen LogP contribution is 2.28. The predicted octanol–water partition coefficient (Wildman–Crippen LogP) is 7.87. The fourth-order valence-electron chi connectivity index (χ4n) is 2.75. The molecule has 0 heterocycles. The van der Waals surface area contributed by atoms with Crippen molar-refractivity contribution in [2.45, 2.75) is 81.2 Å². The molecule has 0 saturated carbocycles. The van der Waals surface area contributed by atoms with Crippen LogP contribution in [0.4, 0.5) is 5.69 Å². The summed E-state index contributed by atoms with van der Waals surface area (Å²) in [6.45, 7) is 24.3. The van der Waals surface area contributed by atoms with Gasteiger partial charge in [0.2, 0.25) is 0 Å². The zero-order valence-electron chi connectivity index (χ0n) is 20.8. The summed E-state index contributed by atoms with van der Waals surface area (Å²) in [5.74, 6) is -0.0737. The van der Waals surface area contributed by atoms with Gasteiger partial charge in [0.25, 0.3) is 5.91 Å². The number of amides is 1. The van der Waals surface area contributed by atoms with Gasteiger partial charge in [-0.05, 0) is 84.2 Å². The molecule has 0 bridgehead atoms. The second-order valence-electron chi connectivity index (χ2n) is 8.35. The van der Waals surface area contributed by atoms with E-state index in [9.17, 15) is 4.79 Å². The molecule has 0 unspecified atom stereocenters. The molecule has 0 saturated heterocycles. The standard InChI is InChI=1S/C25H36N2O.C2H6/c1-10-14-27(19(5)6)23-16-21(20(11-2)13-12-18(3)4)15-22(17-23)24(28)26-25(7,8)9;1-2/h10,12-17H,5,11H2,1-4,6-9H3,(H,26,28);1-2H3/b14-10-,20-13+;. The molecule has 1 rings (SSSR count). The summed E-state index contributed by atoms with van der Waals surface area (Å²) in [6, 6.07) is 6.02. The molecule has 1 aromatic rings. The van der Waals surface area contributed by atoms with Crippen LogP contribution in [0.15, 0.2) is 60.5 Å². The highest BCUT2D eigenvalue weighted by Gasteiger charge is 2.18. The maximum absolute atomic E-state index is 12.9. The molecular formula is C27H42N2O. The minimum absolute atomic E-state index is 0.0737. The van der Waals surface area contributed by atoms with Crippen molar-refractivity contribution in [3.05, 3.63) is 71.6 Å². The van der Waals surface area contributed by atoms with Crippen LogP contribution in [0.5, 0.6) is 0 Å². The molecule has 0 spiro atoms. The van der Waals surface area contributed by atoms with E-state index >= 15 is 0 Å². The number of hydrogen-bond acceptors (Lipinski definition) is 2. The third-order valence-corrected chi connectivity index (χ3v) is 4.03. The van der Waals surface area contributed by atoms with E-state index < -0.39 is 0 Å². The molecule has 1 amide bonds. The summed E-state index contributed by atoms with van der Waals surface area (Å²) in [6.07, 6.45) is 9.07. The lowest BCUT2D eigenvalue weighted by atomic mass is 9.98. The van der Waals surface area contributed by atoms with Crippen LogP contribution in [0.1, 0.15) is 91.6 Å². The summed E-state index contributed by atoms with van der Waals surface area (Å²) in [4.78, 5) is 14.9. The van der Waals surface area contributed by atoms with Crippen LogP contribution in [-0.4, -0.2) is 11.4 Å². The van der Waals surface area contributed by atoms with Crippen molar-refractivity contribution in [1.29, 1.82) is 0 Å². The van der Waals surface area contributed by atoms with Crippen LogP contribution in [0.3, 0.4) is 0 Å². The molecule has 0 radical (unpaired) electrons. The molecule has 1 aromatic carbocycles. The zero-order chi connectivity index (χ0) is 23.5. The van der Waals surface area contributed by atoms with E-state index in [1.165, 1.54) is 11.1 Å². The van der Waals surface area contributed by atoms with Crippen molar-refractivity contribution in [3.8, 4) is 0 Å². The number of benzene rings is 1. The lowest BCUT2D eigenvalue weighted by molar-refractivity contribution is 0.0919. The van der Waals surface area contributed by atoms with Crippen LogP contribution in [0.2, 0.25) is 0 Å². The molecule has 1 N–H and O–H groups in total. The minimum atomic E-state index is -0.296. The van der Waals surface area contributed by atoms with Crippen LogP contribution < -0.4 is 10.2 Å². The van der Waals surface area contributed by atoms with Crippen molar-refractivity contribution >= 4 is 17.2 Å². The maximum atomic E-state index is 12.9. The maximum Gasteiger partial charge on any atom is 0.251 e. The molecule has 3 nitrogen and oxygen atoms in total. The topological polar surface area (TPSA) is 32.3 Å². The average Bonchev–Trinajstić information content (AvgIpc) is 2.66. The fraction of sp³-hybridized carbons (Fsp3) is 0.444. The number of nitrogens with zero attached hydrogens (tertiary/aromatic N) is 1. The van der Waals surface area contributed by atoms with Gasteiger partial charge in [0.15, 0.2) is 0 Å². The summed E-state index contributed by atoms with van der Waals surface area (Å²) in [5, 5.41) is 3.07. The van der Waals surface area contributed by atoms with Crippen LogP contribution in [-0.2, 0) is 0 Å². The Bertz CT molecular complexity index is 801. The molecular weight excluding hydrogens is 368 g/mol. The number of anilines is 1. The minimum Gasteiger partial charge on any atom is -0.347 e. The van der Waals surface area contributed by atoms with E-state index in [0.29, 0.717) is 5.56 Å². The predicted molar refractivity (Wildman–Crippen MR) is 135 cm³/mol. The van der Waals surface area contributed by atoms with Gasteiger partial charge in [0, 0.05) is 28.7 Å². The summed E-state index contributed by atoms with van der Waals surface area (Å²) in [7, 11) is 0. The molecule has 0 fully saturated rings.